The number of hydrogen-bond donors (Lipinski definition) is 1. The summed E-state index contributed by atoms with van der Waals surface area (Å²) in [6.45, 7) is 12.2. The van der Waals surface area contributed by atoms with Crippen molar-refractivity contribution in [3.63, 3.8) is 0 Å². The average molecular weight is 265 g/mol. The van der Waals surface area contributed by atoms with E-state index in [0.717, 1.165) is 12.0 Å². The van der Waals surface area contributed by atoms with E-state index in [2.05, 4.69) is 39.9 Å². The number of fused-ring (bicyclic) bond motifs is 2. The highest BCUT2D eigenvalue weighted by Crippen LogP contribution is 2.62. The van der Waals surface area contributed by atoms with Crippen molar-refractivity contribution in [2.75, 3.05) is 0 Å². The molecule has 0 amide bonds. The molecule has 0 radical (unpaired) electrons. The highest BCUT2D eigenvalue weighted by atomic mass is 15.0. The molecule has 4 unspecified atom stereocenters. The highest BCUT2D eigenvalue weighted by molar-refractivity contribution is 5.12. The van der Waals surface area contributed by atoms with Crippen LogP contribution in [-0.2, 0) is 0 Å². The van der Waals surface area contributed by atoms with Crippen molar-refractivity contribution in [3.05, 3.63) is 0 Å². The molecule has 1 nitrogen and oxygen atoms in total. The van der Waals surface area contributed by atoms with Crippen molar-refractivity contribution in [2.24, 2.45) is 16.7 Å². The fraction of sp³-hybridized carbons (Fsp3) is 1.00. The van der Waals surface area contributed by atoms with E-state index in [4.69, 9.17) is 0 Å². The molecule has 2 saturated carbocycles. The van der Waals surface area contributed by atoms with Gasteiger partial charge in [-0.2, -0.15) is 0 Å². The topological polar surface area (TPSA) is 12.0 Å². The summed E-state index contributed by atoms with van der Waals surface area (Å²) in [7, 11) is 0. The number of unbranched alkanes of at least 4 members (excludes halogenated alkanes) is 3. The molecule has 2 rings (SSSR count). The summed E-state index contributed by atoms with van der Waals surface area (Å²) in [6.07, 6.45) is 11.3. The van der Waals surface area contributed by atoms with Crippen LogP contribution in [-0.4, -0.2) is 12.1 Å². The van der Waals surface area contributed by atoms with Gasteiger partial charge in [-0.25, -0.2) is 0 Å². The van der Waals surface area contributed by atoms with Crippen LogP contribution in [0.1, 0.15) is 86.0 Å². The molecule has 2 aliphatic rings. The minimum Gasteiger partial charge on any atom is -0.310 e. The zero-order valence-electron chi connectivity index (χ0n) is 13.9. The van der Waals surface area contributed by atoms with Gasteiger partial charge in [0, 0.05) is 12.1 Å². The van der Waals surface area contributed by atoms with Crippen LogP contribution in [0.4, 0.5) is 0 Å². The minimum atomic E-state index is 0.505. The van der Waals surface area contributed by atoms with Gasteiger partial charge in [-0.05, 0) is 49.4 Å². The van der Waals surface area contributed by atoms with Crippen LogP contribution in [0.25, 0.3) is 0 Å². The number of hydrogen-bond acceptors (Lipinski definition) is 1. The molecule has 2 bridgehead atoms. The van der Waals surface area contributed by atoms with E-state index in [1.165, 1.54) is 51.4 Å². The second kappa shape index (κ2) is 5.76. The van der Waals surface area contributed by atoms with Gasteiger partial charge >= 0.3 is 0 Å². The van der Waals surface area contributed by atoms with E-state index in [0.29, 0.717) is 16.9 Å². The normalized spacial score (nSPS) is 37.7. The van der Waals surface area contributed by atoms with Crippen molar-refractivity contribution in [1.29, 1.82) is 0 Å². The second-order valence-corrected chi connectivity index (χ2v) is 8.27. The van der Waals surface area contributed by atoms with E-state index >= 15 is 0 Å². The summed E-state index contributed by atoms with van der Waals surface area (Å²) in [5.74, 6) is 0.960. The highest BCUT2D eigenvalue weighted by Gasteiger charge is 2.59. The molecule has 0 aromatic carbocycles. The molecule has 0 heterocycles. The van der Waals surface area contributed by atoms with Crippen LogP contribution >= 0.6 is 0 Å². The number of rotatable bonds is 7. The maximum Gasteiger partial charge on any atom is 0.0177 e. The third-order valence-corrected chi connectivity index (χ3v) is 6.21. The van der Waals surface area contributed by atoms with E-state index in [-0.39, 0.29) is 0 Å². The molecule has 1 heteroatoms. The lowest BCUT2D eigenvalue weighted by Crippen LogP contribution is -2.53. The summed E-state index contributed by atoms with van der Waals surface area (Å²) in [5.41, 5.74) is 1.08. The van der Waals surface area contributed by atoms with Gasteiger partial charge < -0.3 is 5.32 Å². The predicted molar refractivity (Wildman–Crippen MR) is 84.4 cm³/mol. The Balaban J connectivity index is 1.84. The van der Waals surface area contributed by atoms with Gasteiger partial charge in [-0.3, -0.25) is 0 Å². The van der Waals surface area contributed by atoms with Crippen LogP contribution in [0.15, 0.2) is 0 Å². The standard InChI is InChI=1S/C18H35N/c1-6-7-8-9-10-14(2)19-16-17(3,4)15-11-12-18(16,5)13-15/h14-16,19H,6-13H2,1-5H3. The van der Waals surface area contributed by atoms with Gasteiger partial charge in [0.15, 0.2) is 0 Å². The second-order valence-electron chi connectivity index (χ2n) is 8.27. The first-order valence-electron chi connectivity index (χ1n) is 8.66. The third kappa shape index (κ3) is 3.01. The quantitative estimate of drug-likeness (QED) is 0.628. The molecule has 0 saturated heterocycles. The first-order valence-corrected chi connectivity index (χ1v) is 8.66. The molecule has 0 aliphatic heterocycles. The SMILES string of the molecule is CCCCCCC(C)NC1C2(C)CCC(C2)C1(C)C. The van der Waals surface area contributed by atoms with Crippen LogP contribution in [0, 0.1) is 16.7 Å². The summed E-state index contributed by atoms with van der Waals surface area (Å²) >= 11 is 0. The lowest BCUT2D eigenvalue weighted by Gasteiger charge is -2.44. The third-order valence-electron chi connectivity index (χ3n) is 6.21. The monoisotopic (exact) mass is 265 g/mol. The Labute approximate surface area is 120 Å². The van der Waals surface area contributed by atoms with Gasteiger partial charge in [0.05, 0.1) is 0 Å². The Bertz CT molecular complexity index is 291. The molecule has 2 aliphatic carbocycles. The first-order chi connectivity index (χ1) is 8.90. The Morgan fingerprint density at radius 1 is 1.16 bits per heavy atom. The molecular formula is C18H35N. The average Bonchev–Trinajstić information content (AvgIpc) is 2.82. The molecule has 1 N–H and O–H groups in total. The maximum atomic E-state index is 4.02. The minimum absolute atomic E-state index is 0.505. The largest absolute Gasteiger partial charge is 0.310 e. The fourth-order valence-electron chi connectivity index (χ4n) is 4.96. The Morgan fingerprint density at radius 2 is 1.89 bits per heavy atom. The smallest absolute Gasteiger partial charge is 0.0177 e. The van der Waals surface area contributed by atoms with Crippen LogP contribution < -0.4 is 5.32 Å². The molecule has 0 aromatic rings. The van der Waals surface area contributed by atoms with Crippen molar-refractivity contribution in [2.45, 2.75) is 98.1 Å². The summed E-state index contributed by atoms with van der Waals surface area (Å²) < 4.78 is 0. The maximum absolute atomic E-state index is 4.02. The summed E-state index contributed by atoms with van der Waals surface area (Å²) in [4.78, 5) is 0. The van der Waals surface area contributed by atoms with E-state index in [1.54, 1.807) is 0 Å². The first kappa shape index (κ1) is 15.4. The molecule has 4 atom stereocenters. The Kier molecular flexibility index (Phi) is 4.65. The van der Waals surface area contributed by atoms with Gasteiger partial charge in [0.1, 0.15) is 0 Å². The van der Waals surface area contributed by atoms with Crippen LogP contribution in [0.5, 0.6) is 0 Å². The zero-order valence-corrected chi connectivity index (χ0v) is 13.9. The molecule has 19 heavy (non-hydrogen) atoms. The van der Waals surface area contributed by atoms with Gasteiger partial charge in [-0.15, -0.1) is 0 Å². The fourth-order valence-corrected chi connectivity index (χ4v) is 4.96. The molecule has 0 spiro atoms. The Hall–Kier alpha value is -0.0400. The zero-order chi connectivity index (χ0) is 14.1. The van der Waals surface area contributed by atoms with Crippen molar-refractivity contribution in [1.82, 2.24) is 5.32 Å². The van der Waals surface area contributed by atoms with Crippen LogP contribution in [0.3, 0.4) is 0 Å². The van der Waals surface area contributed by atoms with Crippen molar-refractivity contribution < 1.29 is 0 Å². The van der Waals surface area contributed by atoms with E-state index in [1.807, 2.05) is 0 Å². The van der Waals surface area contributed by atoms with Gasteiger partial charge in [0.25, 0.3) is 0 Å². The van der Waals surface area contributed by atoms with Crippen molar-refractivity contribution >= 4 is 0 Å². The predicted octanol–water partition coefficient (Wildman–Crippen LogP) is 5.15. The van der Waals surface area contributed by atoms with E-state index < -0.39 is 0 Å². The summed E-state index contributed by atoms with van der Waals surface area (Å²) in [5, 5.41) is 4.02. The van der Waals surface area contributed by atoms with Crippen molar-refractivity contribution in [3.8, 4) is 0 Å². The van der Waals surface area contributed by atoms with Gasteiger partial charge in [-0.1, -0.05) is 53.4 Å². The number of nitrogens with one attached hydrogen (secondary N) is 1. The molecule has 2 fully saturated rings. The van der Waals surface area contributed by atoms with Gasteiger partial charge in [0.2, 0.25) is 0 Å². The lowest BCUT2D eigenvalue weighted by atomic mass is 9.68. The lowest BCUT2D eigenvalue weighted by molar-refractivity contribution is 0.0988. The van der Waals surface area contributed by atoms with E-state index in [9.17, 15) is 0 Å². The molecular weight excluding hydrogens is 230 g/mol. The molecule has 112 valence electrons. The van der Waals surface area contributed by atoms with Crippen LogP contribution in [0.2, 0.25) is 0 Å². The Morgan fingerprint density at radius 3 is 2.47 bits per heavy atom. The summed E-state index contributed by atoms with van der Waals surface area (Å²) in [6, 6.07) is 1.43. The molecule has 0 aromatic heterocycles.